The third-order valence-corrected chi connectivity index (χ3v) is 4.29. The molecule has 0 saturated carbocycles. The van der Waals surface area contributed by atoms with Crippen molar-refractivity contribution in [3.8, 4) is 0 Å². The molecule has 1 aromatic rings. The summed E-state index contributed by atoms with van der Waals surface area (Å²) in [4.78, 5) is 0. The van der Waals surface area contributed by atoms with E-state index in [0.29, 0.717) is 12.3 Å². The minimum atomic E-state index is -0.832. The molecule has 3 unspecified atom stereocenters. The number of piperidine rings is 1. The Morgan fingerprint density at radius 2 is 2.26 bits per heavy atom. The van der Waals surface area contributed by atoms with E-state index < -0.39 is 5.60 Å². The van der Waals surface area contributed by atoms with Gasteiger partial charge < -0.3 is 10.4 Å². The maximum atomic E-state index is 13.2. The zero-order valence-electron chi connectivity index (χ0n) is 11.8. The van der Waals surface area contributed by atoms with Crippen LogP contribution in [0.3, 0.4) is 0 Å². The van der Waals surface area contributed by atoms with Crippen LogP contribution in [0.15, 0.2) is 24.3 Å². The van der Waals surface area contributed by atoms with Crippen LogP contribution < -0.4 is 5.32 Å². The van der Waals surface area contributed by atoms with Crippen LogP contribution in [-0.4, -0.2) is 23.3 Å². The van der Waals surface area contributed by atoms with Gasteiger partial charge in [-0.05, 0) is 49.9 Å². The third-order valence-electron chi connectivity index (χ3n) is 4.29. The van der Waals surface area contributed by atoms with Crippen molar-refractivity contribution in [2.24, 2.45) is 5.92 Å². The van der Waals surface area contributed by atoms with Gasteiger partial charge in [0.15, 0.2) is 0 Å². The highest BCUT2D eigenvalue weighted by atomic mass is 19.1. The van der Waals surface area contributed by atoms with Crippen molar-refractivity contribution in [2.75, 3.05) is 6.54 Å². The molecule has 0 spiro atoms. The number of hydrogen-bond acceptors (Lipinski definition) is 2. The second-order valence-electron chi connectivity index (χ2n) is 5.97. The van der Waals surface area contributed by atoms with Gasteiger partial charge in [-0.25, -0.2) is 4.39 Å². The van der Waals surface area contributed by atoms with E-state index in [0.717, 1.165) is 24.9 Å². The standard InChI is InChI=1S/C16H24FNO/c1-3-12-7-8-18-15(10-12)16(2,19)11-13-5-4-6-14(17)9-13/h4-6,9,12,15,18-19H,3,7-8,10-11H2,1-2H3. The third kappa shape index (κ3) is 3.77. The second kappa shape index (κ2) is 6.02. The van der Waals surface area contributed by atoms with E-state index >= 15 is 0 Å². The Bertz CT molecular complexity index is 419. The van der Waals surface area contributed by atoms with Gasteiger partial charge in [-0.1, -0.05) is 25.5 Å². The first kappa shape index (κ1) is 14.5. The van der Waals surface area contributed by atoms with Crippen LogP contribution in [-0.2, 0) is 6.42 Å². The van der Waals surface area contributed by atoms with Crippen LogP contribution in [0.5, 0.6) is 0 Å². The number of rotatable bonds is 4. The van der Waals surface area contributed by atoms with E-state index in [1.54, 1.807) is 6.07 Å². The summed E-state index contributed by atoms with van der Waals surface area (Å²) in [6, 6.07) is 6.61. The zero-order chi connectivity index (χ0) is 13.9. The monoisotopic (exact) mass is 265 g/mol. The molecule has 0 aromatic heterocycles. The van der Waals surface area contributed by atoms with Gasteiger partial charge in [-0.15, -0.1) is 0 Å². The predicted molar refractivity (Wildman–Crippen MR) is 75.5 cm³/mol. The zero-order valence-corrected chi connectivity index (χ0v) is 11.8. The van der Waals surface area contributed by atoms with Gasteiger partial charge in [0.25, 0.3) is 0 Å². The molecule has 2 N–H and O–H groups in total. The first-order valence-corrected chi connectivity index (χ1v) is 7.21. The SMILES string of the molecule is CCC1CCNC(C(C)(O)Cc2cccc(F)c2)C1. The molecule has 1 aliphatic rings. The lowest BCUT2D eigenvalue weighted by molar-refractivity contribution is 0.00165. The maximum Gasteiger partial charge on any atom is 0.123 e. The summed E-state index contributed by atoms with van der Waals surface area (Å²) in [5.74, 6) is 0.446. The van der Waals surface area contributed by atoms with Crippen molar-refractivity contribution >= 4 is 0 Å². The minimum Gasteiger partial charge on any atom is -0.388 e. The molecule has 1 heterocycles. The smallest absolute Gasteiger partial charge is 0.123 e. The van der Waals surface area contributed by atoms with Crippen molar-refractivity contribution in [1.82, 2.24) is 5.32 Å². The molecule has 0 aliphatic carbocycles. The normalized spacial score (nSPS) is 26.9. The van der Waals surface area contributed by atoms with Crippen molar-refractivity contribution < 1.29 is 9.50 Å². The average molecular weight is 265 g/mol. The molecule has 1 aromatic carbocycles. The summed E-state index contributed by atoms with van der Waals surface area (Å²) >= 11 is 0. The lowest BCUT2D eigenvalue weighted by Gasteiger charge is -2.39. The van der Waals surface area contributed by atoms with Gasteiger partial charge in [0.05, 0.1) is 5.60 Å². The summed E-state index contributed by atoms with van der Waals surface area (Å²) < 4.78 is 13.2. The largest absolute Gasteiger partial charge is 0.388 e. The molecule has 2 rings (SSSR count). The first-order chi connectivity index (χ1) is 9.01. The van der Waals surface area contributed by atoms with Crippen molar-refractivity contribution in [3.05, 3.63) is 35.6 Å². The number of aliphatic hydroxyl groups is 1. The van der Waals surface area contributed by atoms with Gasteiger partial charge in [0.2, 0.25) is 0 Å². The predicted octanol–water partition coefficient (Wildman–Crippen LogP) is 2.90. The Balaban J connectivity index is 2.04. The summed E-state index contributed by atoms with van der Waals surface area (Å²) in [6.45, 7) is 5.02. The molecule has 1 fully saturated rings. The highest BCUT2D eigenvalue weighted by molar-refractivity contribution is 5.19. The van der Waals surface area contributed by atoms with Crippen LogP contribution in [0.25, 0.3) is 0 Å². The molecule has 1 aliphatic heterocycles. The topological polar surface area (TPSA) is 32.3 Å². The maximum absolute atomic E-state index is 13.2. The molecule has 2 nitrogen and oxygen atoms in total. The van der Waals surface area contributed by atoms with Crippen LogP contribution in [0.1, 0.15) is 38.7 Å². The molecule has 106 valence electrons. The second-order valence-corrected chi connectivity index (χ2v) is 5.97. The van der Waals surface area contributed by atoms with Crippen molar-refractivity contribution in [1.29, 1.82) is 0 Å². The van der Waals surface area contributed by atoms with Gasteiger partial charge in [-0.3, -0.25) is 0 Å². The van der Waals surface area contributed by atoms with E-state index in [2.05, 4.69) is 12.2 Å². The lowest BCUT2D eigenvalue weighted by Crippen LogP contribution is -2.53. The average Bonchev–Trinajstić information content (AvgIpc) is 2.38. The molecule has 19 heavy (non-hydrogen) atoms. The number of hydrogen-bond donors (Lipinski definition) is 2. The molecule has 3 heteroatoms. The van der Waals surface area contributed by atoms with Gasteiger partial charge in [-0.2, -0.15) is 0 Å². The fourth-order valence-corrected chi connectivity index (χ4v) is 3.02. The molecule has 1 saturated heterocycles. The van der Waals surface area contributed by atoms with E-state index in [1.807, 2.05) is 13.0 Å². The van der Waals surface area contributed by atoms with Crippen LogP contribution >= 0.6 is 0 Å². The fraction of sp³-hybridized carbons (Fsp3) is 0.625. The molecule has 0 bridgehead atoms. The minimum absolute atomic E-state index is 0.0921. The van der Waals surface area contributed by atoms with E-state index in [9.17, 15) is 9.50 Å². The Morgan fingerprint density at radius 3 is 2.95 bits per heavy atom. The van der Waals surface area contributed by atoms with Crippen LogP contribution in [0.4, 0.5) is 4.39 Å². The summed E-state index contributed by atoms with van der Waals surface area (Å²) in [7, 11) is 0. The van der Waals surface area contributed by atoms with E-state index in [1.165, 1.54) is 18.6 Å². The number of benzene rings is 1. The molecular formula is C16H24FNO. The van der Waals surface area contributed by atoms with Crippen molar-refractivity contribution in [3.63, 3.8) is 0 Å². The summed E-state index contributed by atoms with van der Waals surface area (Å²) in [5, 5.41) is 14.1. The molecule has 3 atom stereocenters. The van der Waals surface area contributed by atoms with Gasteiger partial charge >= 0.3 is 0 Å². The molecular weight excluding hydrogens is 241 g/mol. The quantitative estimate of drug-likeness (QED) is 0.877. The Hall–Kier alpha value is -0.930. The summed E-state index contributed by atoms with van der Waals surface area (Å²) in [5.41, 5.74) is 0.0205. The summed E-state index contributed by atoms with van der Waals surface area (Å²) in [6.07, 6.45) is 3.83. The van der Waals surface area contributed by atoms with Crippen LogP contribution in [0.2, 0.25) is 0 Å². The van der Waals surface area contributed by atoms with Gasteiger partial charge in [0, 0.05) is 12.5 Å². The Labute approximate surface area is 115 Å². The number of halogens is 1. The fourth-order valence-electron chi connectivity index (χ4n) is 3.02. The molecule has 0 radical (unpaired) electrons. The van der Waals surface area contributed by atoms with Gasteiger partial charge in [0.1, 0.15) is 5.82 Å². The van der Waals surface area contributed by atoms with E-state index in [4.69, 9.17) is 0 Å². The van der Waals surface area contributed by atoms with Crippen LogP contribution in [0, 0.1) is 11.7 Å². The lowest BCUT2D eigenvalue weighted by atomic mass is 9.80. The highest BCUT2D eigenvalue weighted by Crippen LogP contribution is 2.28. The Kier molecular flexibility index (Phi) is 4.58. The van der Waals surface area contributed by atoms with E-state index in [-0.39, 0.29) is 11.9 Å². The first-order valence-electron chi connectivity index (χ1n) is 7.21. The Morgan fingerprint density at radius 1 is 1.47 bits per heavy atom. The molecule has 0 amide bonds. The number of nitrogens with one attached hydrogen (secondary N) is 1. The highest BCUT2D eigenvalue weighted by Gasteiger charge is 2.35. The van der Waals surface area contributed by atoms with Crippen molar-refractivity contribution in [2.45, 2.75) is 51.2 Å².